The van der Waals surface area contributed by atoms with E-state index in [0.29, 0.717) is 17.9 Å². The van der Waals surface area contributed by atoms with Crippen LogP contribution < -0.4 is 5.32 Å². The Balaban J connectivity index is 2.05. The number of carbonyl (C=O) groups is 2. The van der Waals surface area contributed by atoms with Crippen LogP contribution in [-0.2, 0) is 24.2 Å². The number of hydrogen-bond acceptors (Lipinski definition) is 6. The zero-order chi connectivity index (χ0) is 16.1. The zero-order valence-electron chi connectivity index (χ0n) is 12.0. The second-order valence-corrected chi connectivity index (χ2v) is 7.18. The molecule has 1 unspecified atom stereocenters. The van der Waals surface area contributed by atoms with Crippen molar-refractivity contribution in [2.75, 3.05) is 0 Å². The molecule has 120 valence electrons. The van der Waals surface area contributed by atoms with Crippen LogP contribution in [0, 0.1) is 0 Å². The number of ether oxygens (including phenoxy) is 1. The Morgan fingerprint density at radius 1 is 1.43 bits per heavy atom. The highest BCUT2D eigenvalue weighted by Crippen LogP contribution is 2.48. The predicted octanol–water partition coefficient (Wildman–Crippen LogP) is 0.379. The van der Waals surface area contributed by atoms with Gasteiger partial charge in [0.2, 0.25) is 0 Å². The molecule has 1 atom stereocenters. The molecule has 21 heavy (non-hydrogen) atoms. The molecule has 0 aromatic heterocycles. The van der Waals surface area contributed by atoms with Crippen LogP contribution in [0.15, 0.2) is 0 Å². The number of β-lactam (4-membered cyclic amide) rings is 1. The molecule has 1 spiro atoms. The lowest BCUT2D eigenvalue weighted by atomic mass is 9.65. The van der Waals surface area contributed by atoms with Crippen molar-refractivity contribution in [2.45, 2.75) is 57.2 Å². The molecule has 2 N–H and O–H groups in total. The molecule has 0 radical (unpaired) electrons. The molecule has 2 fully saturated rings. The standard InChI is InChI=1S/C11H18N2O7S/c1-10(2,3)19-9(15)12-7-8(14)13(20-21(16,17)18)11(7)5-4-6-11/h7H,4-6H2,1-3H3,(H,12,15)(H,16,17,18). The largest absolute Gasteiger partial charge is 0.444 e. The monoisotopic (exact) mass is 322 g/mol. The fraction of sp³-hybridized carbons (Fsp3) is 0.818. The number of rotatable bonds is 3. The molecule has 1 saturated carbocycles. The number of hydroxylamine groups is 2. The van der Waals surface area contributed by atoms with E-state index in [1.165, 1.54) is 0 Å². The van der Waals surface area contributed by atoms with Crippen molar-refractivity contribution < 1.29 is 31.6 Å². The van der Waals surface area contributed by atoms with Gasteiger partial charge in [0, 0.05) is 0 Å². The van der Waals surface area contributed by atoms with Gasteiger partial charge in [0.1, 0.15) is 17.2 Å². The Kier molecular flexibility index (Phi) is 3.67. The first kappa shape index (κ1) is 16.0. The summed E-state index contributed by atoms with van der Waals surface area (Å²) in [6, 6.07) is -0.914. The van der Waals surface area contributed by atoms with E-state index >= 15 is 0 Å². The summed E-state index contributed by atoms with van der Waals surface area (Å²) in [4.78, 5) is 23.6. The van der Waals surface area contributed by atoms with Gasteiger partial charge < -0.3 is 10.1 Å². The minimum atomic E-state index is -4.78. The second kappa shape index (κ2) is 4.82. The molecular formula is C11H18N2O7S. The third kappa shape index (κ3) is 3.11. The lowest BCUT2D eigenvalue weighted by molar-refractivity contribution is -0.242. The minimum absolute atomic E-state index is 0.467. The van der Waals surface area contributed by atoms with Crippen molar-refractivity contribution in [1.29, 1.82) is 0 Å². The van der Waals surface area contributed by atoms with E-state index < -0.39 is 39.6 Å². The van der Waals surface area contributed by atoms with Crippen LogP contribution in [0.2, 0.25) is 0 Å². The van der Waals surface area contributed by atoms with Gasteiger partial charge in [0.15, 0.2) is 0 Å². The Bertz CT molecular complexity index is 562. The van der Waals surface area contributed by atoms with E-state index in [1.807, 2.05) is 0 Å². The SMILES string of the molecule is CC(C)(C)OC(=O)NC1C(=O)N(OS(=O)(=O)O)C12CCC2. The Labute approximate surface area is 122 Å². The van der Waals surface area contributed by atoms with Crippen molar-refractivity contribution in [1.82, 2.24) is 10.4 Å². The summed E-state index contributed by atoms with van der Waals surface area (Å²) in [5, 5.41) is 3.04. The maximum Gasteiger partial charge on any atom is 0.418 e. The summed E-state index contributed by atoms with van der Waals surface area (Å²) >= 11 is 0. The lowest BCUT2D eigenvalue weighted by Crippen LogP contribution is -2.81. The summed E-state index contributed by atoms with van der Waals surface area (Å²) < 4.78 is 39.5. The Morgan fingerprint density at radius 3 is 2.38 bits per heavy atom. The molecule has 9 nitrogen and oxygen atoms in total. The highest BCUT2D eigenvalue weighted by molar-refractivity contribution is 7.80. The average Bonchev–Trinajstić information content (AvgIpc) is 2.20. The second-order valence-electron chi connectivity index (χ2n) is 6.17. The number of alkyl carbamates (subject to hydrolysis) is 1. The van der Waals surface area contributed by atoms with Crippen molar-refractivity contribution in [3.63, 3.8) is 0 Å². The number of nitrogens with one attached hydrogen (secondary N) is 1. The van der Waals surface area contributed by atoms with Gasteiger partial charge in [-0.3, -0.25) is 9.35 Å². The molecule has 1 heterocycles. The summed E-state index contributed by atoms with van der Waals surface area (Å²) in [6.07, 6.45) is 0.924. The van der Waals surface area contributed by atoms with Crippen LogP contribution in [-0.4, -0.2) is 47.2 Å². The van der Waals surface area contributed by atoms with Crippen LogP contribution in [0.3, 0.4) is 0 Å². The first-order valence-electron chi connectivity index (χ1n) is 6.45. The van der Waals surface area contributed by atoms with Crippen LogP contribution in [0.1, 0.15) is 40.0 Å². The molecule has 1 aliphatic carbocycles. The molecule has 2 amide bonds. The number of carbonyl (C=O) groups excluding carboxylic acids is 2. The topological polar surface area (TPSA) is 122 Å². The molecule has 2 rings (SSSR count). The van der Waals surface area contributed by atoms with Gasteiger partial charge in [0.25, 0.3) is 5.91 Å². The van der Waals surface area contributed by atoms with Gasteiger partial charge in [-0.2, -0.15) is 13.5 Å². The highest BCUT2D eigenvalue weighted by Gasteiger charge is 2.66. The third-order valence-electron chi connectivity index (χ3n) is 3.44. The van der Waals surface area contributed by atoms with Crippen molar-refractivity contribution in [3.8, 4) is 0 Å². The van der Waals surface area contributed by atoms with E-state index in [2.05, 4.69) is 9.60 Å². The minimum Gasteiger partial charge on any atom is -0.444 e. The summed E-state index contributed by atoms with van der Waals surface area (Å²) in [6.45, 7) is 5.05. The van der Waals surface area contributed by atoms with Crippen molar-refractivity contribution in [3.05, 3.63) is 0 Å². The van der Waals surface area contributed by atoms with Gasteiger partial charge in [0.05, 0.1) is 0 Å². The number of amides is 2. The van der Waals surface area contributed by atoms with E-state index in [9.17, 15) is 18.0 Å². The molecule has 10 heteroatoms. The van der Waals surface area contributed by atoms with E-state index in [1.54, 1.807) is 20.8 Å². The first-order chi connectivity index (χ1) is 9.45. The van der Waals surface area contributed by atoms with Crippen molar-refractivity contribution in [2.24, 2.45) is 0 Å². The van der Waals surface area contributed by atoms with E-state index in [-0.39, 0.29) is 0 Å². The van der Waals surface area contributed by atoms with Gasteiger partial charge in [-0.1, -0.05) is 0 Å². The summed E-state index contributed by atoms with van der Waals surface area (Å²) in [7, 11) is -4.78. The van der Waals surface area contributed by atoms with E-state index in [0.717, 1.165) is 6.42 Å². The van der Waals surface area contributed by atoms with Crippen molar-refractivity contribution >= 4 is 22.4 Å². The molecule has 1 saturated heterocycles. The maximum absolute atomic E-state index is 11.9. The van der Waals surface area contributed by atoms with Gasteiger partial charge in [-0.05, 0) is 40.0 Å². The molecule has 0 bridgehead atoms. The predicted molar refractivity (Wildman–Crippen MR) is 69.2 cm³/mol. The number of hydrogen-bond donors (Lipinski definition) is 2. The Hall–Kier alpha value is -1.39. The van der Waals surface area contributed by atoms with Gasteiger partial charge >= 0.3 is 16.5 Å². The summed E-state index contributed by atoms with van der Waals surface area (Å²) in [5.74, 6) is -0.738. The quantitative estimate of drug-likeness (QED) is 0.569. The average molecular weight is 322 g/mol. The fourth-order valence-electron chi connectivity index (χ4n) is 2.48. The highest BCUT2D eigenvalue weighted by atomic mass is 32.3. The first-order valence-corrected chi connectivity index (χ1v) is 7.82. The molecule has 2 aliphatic rings. The molecule has 1 aliphatic heterocycles. The molecular weight excluding hydrogens is 304 g/mol. The van der Waals surface area contributed by atoms with Crippen LogP contribution in [0.4, 0.5) is 4.79 Å². The lowest BCUT2D eigenvalue weighted by Gasteiger charge is -2.59. The maximum atomic E-state index is 11.9. The van der Waals surface area contributed by atoms with E-state index in [4.69, 9.17) is 9.29 Å². The Morgan fingerprint density at radius 2 is 2.00 bits per heavy atom. The van der Waals surface area contributed by atoms with Gasteiger partial charge in [-0.15, -0.1) is 4.28 Å². The third-order valence-corrected chi connectivity index (χ3v) is 3.78. The zero-order valence-corrected chi connectivity index (χ0v) is 12.8. The number of nitrogens with zero attached hydrogens (tertiary/aromatic N) is 1. The van der Waals surface area contributed by atoms with Crippen LogP contribution >= 0.6 is 0 Å². The van der Waals surface area contributed by atoms with Crippen LogP contribution in [0.25, 0.3) is 0 Å². The summed E-state index contributed by atoms with van der Waals surface area (Å²) in [5.41, 5.74) is -1.64. The smallest absolute Gasteiger partial charge is 0.418 e. The van der Waals surface area contributed by atoms with Crippen LogP contribution in [0.5, 0.6) is 0 Å². The normalized spacial score (nSPS) is 24.3. The molecule has 0 aromatic carbocycles. The van der Waals surface area contributed by atoms with Gasteiger partial charge in [-0.25, -0.2) is 4.79 Å². The molecule has 0 aromatic rings. The fourth-order valence-corrected chi connectivity index (χ4v) is 2.89.